The Balaban J connectivity index is 1.86. The second-order valence-electron chi connectivity index (χ2n) is 5.09. The second kappa shape index (κ2) is 7.49. The molecule has 3 N–H and O–H groups in total. The number of hydrogen-bond donors (Lipinski definition) is 2. The Hall–Kier alpha value is -2.65. The maximum atomic E-state index is 13.2. The molecule has 3 rings (SSSR count). The van der Waals surface area contributed by atoms with E-state index in [1.807, 2.05) is 0 Å². The van der Waals surface area contributed by atoms with Gasteiger partial charge < -0.3 is 15.5 Å². The van der Waals surface area contributed by atoms with Crippen LogP contribution in [-0.2, 0) is 12.3 Å². The summed E-state index contributed by atoms with van der Waals surface area (Å²) in [5, 5.41) is 8.82. The van der Waals surface area contributed by atoms with Crippen molar-refractivity contribution in [1.82, 2.24) is 19.7 Å². The van der Waals surface area contributed by atoms with Crippen LogP contribution in [0.5, 0.6) is 5.75 Å². The van der Waals surface area contributed by atoms with Crippen LogP contribution in [-0.4, -0.2) is 26.9 Å². The standard InChI is InChI=1S/C16H16FN5O2S/c1-24-14-8-19-11(6-13(14)23)9-25-16-21-20-15(7-18)22(16)12-4-2-10(17)3-5-12/h2-6,8H,7,9,18H2,1H3,(H,19,23). The average Bonchev–Trinajstić information content (AvgIpc) is 3.03. The first-order valence-corrected chi connectivity index (χ1v) is 8.39. The van der Waals surface area contributed by atoms with E-state index >= 15 is 0 Å². The maximum Gasteiger partial charge on any atom is 0.223 e. The van der Waals surface area contributed by atoms with Crippen molar-refractivity contribution in [3.8, 4) is 11.4 Å². The third-order valence-electron chi connectivity index (χ3n) is 3.48. The summed E-state index contributed by atoms with van der Waals surface area (Å²) in [6.07, 6.45) is 1.52. The number of nitrogens with zero attached hydrogens (tertiary/aromatic N) is 3. The van der Waals surface area contributed by atoms with Crippen molar-refractivity contribution in [1.29, 1.82) is 0 Å². The number of H-pyrrole nitrogens is 1. The second-order valence-corrected chi connectivity index (χ2v) is 6.04. The van der Waals surface area contributed by atoms with Gasteiger partial charge in [0, 0.05) is 29.4 Å². The Morgan fingerprint density at radius 1 is 1.32 bits per heavy atom. The molecule has 0 spiro atoms. The Morgan fingerprint density at radius 2 is 2.08 bits per heavy atom. The van der Waals surface area contributed by atoms with Crippen molar-refractivity contribution in [3.05, 3.63) is 64.1 Å². The molecule has 0 fully saturated rings. The number of hydrogen-bond acceptors (Lipinski definition) is 6. The van der Waals surface area contributed by atoms with Gasteiger partial charge in [0.25, 0.3) is 0 Å². The molecule has 9 heteroatoms. The molecule has 0 aliphatic rings. The highest BCUT2D eigenvalue weighted by atomic mass is 32.2. The fourth-order valence-corrected chi connectivity index (χ4v) is 3.15. The zero-order valence-electron chi connectivity index (χ0n) is 13.4. The van der Waals surface area contributed by atoms with Gasteiger partial charge in [0.2, 0.25) is 5.43 Å². The van der Waals surface area contributed by atoms with Crippen LogP contribution >= 0.6 is 11.8 Å². The minimum Gasteiger partial charge on any atom is -0.491 e. The zero-order valence-corrected chi connectivity index (χ0v) is 14.2. The number of nitrogens with two attached hydrogens (primary N) is 1. The summed E-state index contributed by atoms with van der Waals surface area (Å²) in [6, 6.07) is 7.48. The van der Waals surface area contributed by atoms with Crippen LogP contribution in [0.2, 0.25) is 0 Å². The lowest BCUT2D eigenvalue weighted by Crippen LogP contribution is -2.08. The van der Waals surface area contributed by atoms with E-state index in [-0.39, 0.29) is 23.5 Å². The number of nitrogens with one attached hydrogen (secondary N) is 1. The zero-order chi connectivity index (χ0) is 17.8. The molecule has 0 atom stereocenters. The molecule has 0 bridgehead atoms. The molecule has 25 heavy (non-hydrogen) atoms. The highest BCUT2D eigenvalue weighted by Gasteiger charge is 2.14. The van der Waals surface area contributed by atoms with E-state index in [1.165, 1.54) is 43.3 Å². The first-order chi connectivity index (χ1) is 12.1. The molecule has 0 aliphatic carbocycles. The van der Waals surface area contributed by atoms with Crippen molar-refractivity contribution >= 4 is 11.8 Å². The Bertz CT molecular complexity index is 923. The quantitative estimate of drug-likeness (QED) is 0.650. The van der Waals surface area contributed by atoms with E-state index in [1.54, 1.807) is 16.7 Å². The van der Waals surface area contributed by atoms with Crippen LogP contribution in [0.4, 0.5) is 4.39 Å². The Labute approximate surface area is 147 Å². The Morgan fingerprint density at radius 3 is 2.72 bits per heavy atom. The monoisotopic (exact) mass is 361 g/mol. The van der Waals surface area contributed by atoms with Gasteiger partial charge in [-0.05, 0) is 24.3 Å². The topological polar surface area (TPSA) is 98.8 Å². The van der Waals surface area contributed by atoms with Gasteiger partial charge in [-0.15, -0.1) is 10.2 Å². The largest absolute Gasteiger partial charge is 0.491 e. The van der Waals surface area contributed by atoms with E-state index in [0.29, 0.717) is 16.7 Å². The molecule has 0 amide bonds. The highest BCUT2D eigenvalue weighted by Crippen LogP contribution is 2.24. The molecule has 7 nitrogen and oxygen atoms in total. The lowest BCUT2D eigenvalue weighted by atomic mass is 10.3. The molecule has 2 aromatic heterocycles. The number of methoxy groups -OCH3 is 1. The molecule has 0 aliphatic heterocycles. The van der Waals surface area contributed by atoms with E-state index in [2.05, 4.69) is 15.2 Å². The summed E-state index contributed by atoms with van der Waals surface area (Å²) < 4.78 is 19.9. The number of halogens is 1. The number of pyridine rings is 1. The molecule has 0 radical (unpaired) electrons. The lowest BCUT2D eigenvalue weighted by Gasteiger charge is -2.09. The smallest absolute Gasteiger partial charge is 0.223 e. The van der Waals surface area contributed by atoms with E-state index < -0.39 is 0 Å². The van der Waals surface area contributed by atoms with Gasteiger partial charge in [0.15, 0.2) is 16.7 Å². The fraction of sp³-hybridized carbons (Fsp3) is 0.188. The third-order valence-corrected chi connectivity index (χ3v) is 4.46. The van der Waals surface area contributed by atoms with E-state index in [0.717, 1.165) is 11.4 Å². The van der Waals surface area contributed by atoms with E-state index in [9.17, 15) is 9.18 Å². The van der Waals surface area contributed by atoms with Crippen molar-refractivity contribution in [3.63, 3.8) is 0 Å². The normalized spacial score (nSPS) is 10.8. The molecule has 1 aromatic carbocycles. The van der Waals surface area contributed by atoms with Crippen LogP contribution < -0.4 is 15.9 Å². The summed E-state index contributed by atoms with van der Waals surface area (Å²) in [5.41, 5.74) is 6.97. The fourth-order valence-electron chi connectivity index (χ4n) is 2.26. The van der Waals surface area contributed by atoms with Crippen molar-refractivity contribution in [2.24, 2.45) is 5.73 Å². The molecule has 0 unspecified atom stereocenters. The first-order valence-electron chi connectivity index (χ1n) is 7.41. The van der Waals surface area contributed by atoms with Gasteiger partial charge >= 0.3 is 0 Å². The minimum atomic E-state index is -0.323. The summed E-state index contributed by atoms with van der Waals surface area (Å²) in [7, 11) is 1.44. The summed E-state index contributed by atoms with van der Waals surface area (Å²) in [5.74, 6) is 0.977. The summed E-state index contributed by atoms with van der Waals surface area (Å²) >= 11 is 1.39. The molecule has 0 saturated carbocycles. The van der Waals surface area contributed by atoms with Crippen LogP contribution in [0.1, 0.15) is 11.5 Å². The van der Waals surface area contributed by atoms with Crippen LogP contribution in [0.15, 0.2) is 46.5 Å². The van der Waals surface area contributed by atoms with Crippen LogP contribution in [0.25, 0.3) is 5.69 Å². The molecule has 3 aromatic rings. The van der Waals surface area contributed by atoms with Gasteiger partial charge in [0.05, 0.1) is 13.7 Å². The SMILES string of the molecule is COc1c[nH]c(CSc2nnc(CN)n2-c2ccc(F)cc2)cc1=O. The van der Waals surface area contributed by atoms with Gasteiger partial charge in [0.1, 0.15) is 5.82 Å². The van der Waals surface area contributed by atoms with Gasteiger partial charge in [-0.3, -0.25) is 9.36 Å². The number of aromatic amines is 1. The van der Waals surface area contributed by atoms with E-state index in [4.69, 9.17) is 10.5 Å². The van der Waals surface area contributed by atoms with Crippen molar-refractivity contribution in [2.75, 3.05) is 7.11 Å². The maximum absolute atomic E-state index is 13.2. The predicted molar refractivity (Wildman–Crippen MR) is 92.4 cm³/mol. The van der Waals surface area contributed by atoms with Gasteiger partial charge in [-0.1, -0.05) is 11.8 Å². The average molecular weight is 361 g/mol. The van der Waals surface area contributed by atoms with Gasteiger partial charge in [-0.25, -0.2) is 4.39 Å². The molecular weight excluding hydrogens is 345 g/mol. The number of rotatable bonds is 6. The molecule has 2 heterocycles. The van der Waals surface area contributed by atoms with Crippen molar-refractivity contribution < 1.29 is 9.13 Å². The summed E-state index contributed by atoms with van der Waals surface area (Å²) in [6.45, 7) is 0.199. The molecular formula is C16H16FN5O2S. The number of aromatic nitrogens is 4. The summed E-state index contributed by atoms with van der Waals surface area (Å²) in [4.78, 5) is 14.8. The number of benzene rings is 1. The number of thioether (sulfide) groups is 1. The lowest BCUT2D eigenvalue weighted by molar-refractivity contribution is 0.408. The molecule has 0 saturated heterocycles. The van der Waals surface area contributed by atoms with Crippen molar-refractivity contribution in [2.45, 2.75) is 17.5 Å². The molecule has 130 valence electrons. The van der Waals surface area contributed by atoms with Crippen LogP contribution in [0.3, 0.4) is 0 Å². The minimum absolute atomic E-state index is 0.195. The Kier molecular flexibility index (Phi) is 5.15. The first kappa shape index (κ1) is 17.2. The third kappa shape index (κ3) is 3.72. The van der Waals surface area contributed by atoms with Gasteiger partial charge in [-0.2, -0.15) is 0 Å². The highest BCUT2D eigenvalue weighted by molar-refractivity contribution is 7.98. The van der Waals surface area contributed by atoms with Crippen LogP contribution in [0, 0.1) is 5.82 Å². The predicted octanol–water partition coefficient (Wildman–Crippen LogP) is 1.85. The number of ether oxygens (including phenoxy) is 1.